The number of amides is 1. The Morgan fingerprint density at radius 3 is 2.57 bits per heavy atom. The van der Waals surface area contributed by atoms with E-state index in [2.05, 4.69) is 15.9 Å². The van der Waals surface area contributed by atoms with Gasteiger partial charge in [0.05, 0.1) is 6.54 Å². The lowest BCUT2D eigenvalue weighted by atomic mass is 10.2. The number of carboxylic acids is 1. The third-order valence-electron chi connectivity index (χ3n) is 3.31. The maximum Gasteiger partial charge on any atom is 0.317 e. The van der Waals surface area contributed by atoms with Gasteiger partial charge in [0.2, 0.25) is 5.91 Å². The number of carboxylic acid groups (broad SMARTS) is 1. The lowest BCUT2D eigenvalue weighted by molar-refractivity contribution is -0.139. The van der Waals surface area contributed by atoms with E-state index in [1.165, 1.54) is 0 Å². The van der Waals surface area contributed by atoms with Gasteiger partial charge in [-0.15, -0.1) is 0 Å². The Morgan fingerprint density at radius 1 is 1.24 bits per heavy atom. The van der Waals surface area contributed by atoms with Crippen LogP contribution in [0.25, 0.3) is 6.08 Å². The number of piperazine rings is 1. The first-order valence-corrected chi connectivity index (χ1v) is 7.50. The molecule has 1 fully saturated rings. The van der Waals surface area contributed by atoms with Crippen molar-refractivity contribution in [2.75, 3.05) is 32.7 Å². The second kappa shape index (κ2) is 7.38. The number of hydrogen-bond acceptors (Lipinski definition) is 3. The molecule has 0 aliphatic carbocycles. The Labute approximate surface area is 132 Å². The van der Waals surface area contributed by atoms with Crippen LogP contribution in [0.3, 0.4) is 0 Å². The summed E-state index contributed by atoms with van der Waals surface area (Å²) in [6.45, 7) is 2.37. The van der Waals surface area contributed by atoms with Crippen molar-refractivity contribution in [1.82, 2.24) is 9.80 Å². The predicted octanol–water partition coefficient (Wildman–Crippen LogP) is 1.69. The van der Waals surface area contributed by atoms with Gasteiger partial charge in [-0.25, -0.2) is 0 Å². The fourth-order valence-corrected chi connectivity index (χ4v) is 2.62. The van der Waals surface area contributed by atoms with Crippen molar-refractivity contribution in [3.05, 3.63) is 40.4 Å². The Balaban J connectivity index is 1.86. The van der Waals surface area contributed by atoms with Crippen molar-refractivity contribution >= 4 is 33.9 Å². The Kier molecular flexibility index (Phi) is 5.52. The van der Waals surface area contributed by atoms with E-state index in [-0.39, 0.29) is 12.5 Å². The van der Waals surface area contributed by atoms with Crippen LogP contribution in [0.4, 0.5) is 0 Å². The molecule has 1 N–H and O–H groups in total. The van der Waals surface area contributed by atoms with E-state index in [1.807, 2.05) is 29.2 Å². The second-order valence-electron chi connectivity index (χ2n) is 4.88. The molecule has 6 heteroatoms. The molecule has 1 aromatic carbocycles. The molecular weight excluding hydrogens is 336 g/mol. The average Bonchev–Trinajstić information content (AvgIpc) is 2.45. The number of nitrogens with zero attached hydrogens (tertiary/aromatic N) is 2. The summed E-state index contributed by atoms with van der Waals surface area (Å²) < 4.78 is 0.972. The summed E-state index contributed by atoms with van der Waals surface area (Å²) in [7, 11) is 0. The van der Waals surface area contributed by atoms with Crippen molar-refractivity contribution in [2.24, 2.45) is 0 Å². The Bertz CT molecular complexity index is 552. The summed E-state index contributed by atoms with van der Waals surface area (Å²) >= 11 is 3.39. The summed E-state index contributed by atoms with van der Waals surface area (Å²) in [5, 5.41) is 8.74. The number of carbonyl (C=O) groups excluding carboxylic acids is 1. The minimum Gasteiger partial charge on any atom is -0.480 e. The van der Waals surface area contributed by atoms with E-state index in [9.17, 15) is 9.59 Å². The molecule has 0 spiro atoms. The van der Waals surface area contributed by atoms with Crippen LogP contribution in [0.15, 0.2) is 34.8 Å². The van der Waals surface area contributed by atoms with E-state index in [4.69, 9.17) is 5.11 Å². The van der Waals surface area contributed by atoms with Gasteiger partial charge in [-0.3, -0.25) is 14.5 Å². The summed E-state index contributed by atoms with van der Waals surface area (Å²) in [5.74, 6) is -0.866. The molecule has 2 rings (SSSR count). The van der Waals surface area contributed by atoms with Crippen LogP contribution < -0.4 is 0 Å². The van der Waals surface area contributed by atoms with Crippen LogP contribution in [-0.2, 0) is 9.59 Å². The average molecular weight is 353 g/mol. The molecule has 0 saturated carbocycles. The van der Waals surface area contributed by atoms with E-state index >= 15 is 0 Å². The summed E-state index contributed by atoms with van der Waals surface area (Å²) in [6, 6.07) is 7.72. The number of aliphatic carboxylic acids is 1. The molecule has 0 aromatic heterocycles. The Morgan fingerprint density at radius 2 is 1.95 bits per heavy atom. The molecule has 1 saturated heterocycles. The summed E-state index contributed by atoms with van der Waals surface area (Å²) in [6.07, 6.45) is 3.35. The smallest absolute Gasteiger partial charge is 0.317 e. The molecule has 1 aliphatic rings. The van der Waals surface area contributed by atoms with Gasteiger partial charge in [0.25, 0.3) is 0 Å². The topological polar surface area (TPSA) is 60.9 Å². The van der Waals surface area contributed by atoms with Gasteiger partial charge in [0.1, 0.15) is 0 Å². The van der Waals surface area contributed by atoms with Crippen LogP contribution in [0, 0.1) is 0 Å². The van der Waals surface area contributed by atoms with Crippen LogP contribution in [0.5, 0.6) is 0 Å². The van der Waals surface area contributed by atoms with Crippen molar-refractivity contribution in [3.8, 4) is 0 Å². The highest BCUT2D eigenvalue weighted by Gasteiger charge is 2.20. The fraction of sp³-hybridized carbons (Fsp3) is 0.333. The molecule has 0 radical (unpaired) electrons. The minimum absolute atomic E-state index is 0.0371. The number of rotatable bonds is 4. The fourth-order valence-electron chi connectivity index (χ4n) is 2.20. The van der Waals surface area contributed by atoms with Gasteiger partial charge in [0, 0.05) is 36.7 Å². The minimum atomic E-state index is -0.829. The number of halogens is 1. The van der Waals surface area contributed by atoms with E-state index < -0.39 is 5.97 Å². The lowest BCUT2D eigenvalue weighted by Gasteiger charge is -2.33. The van der Waals surface area contributed by atoms with Crippen molar-refractivity contribution < 1.29 is 14.7 Å². The van der Waals surface area contributed by atoms with Crippen LogP contribution in [-0.4, -0.2) is 59.5 Å². The zero-order chi connectivity index (χ0) is 15.2. The second-order valence-corrected chi connectivity index (χ2v) is 5.80. The Hall–Kier alpha value is -1.66. The monoisotopic (exact) mass is 352 g/mol. The van der Waals surface area contributed by atoms with Crippen LogP contribution in [0.1, 0.15) is 5.56 Å². The summed E-state index contributed by atoms with van der Waals surface area (Å²) in [5.41, 5.74) is 0.960. The maximum atomic E-state index is 12.1. The molecule has 1 aliphatic heterocycles. The SMILES string of the molecule is O=C(O)CN1CCN(C(=O)/C=C/c2cccc(Br)c2)CC1. The molecule has 1 amide bonds. The molecular formula is C15H17BrN2O3. The highest BCUT2D eigenvalue weighted by Crippen LogP contribution is 2.13. The van der Waals surface area contributed by atoms with Crippen molar-refractivity contribution in [1.29, 1.82) is 0 Å². The molecule has 1 aromatic rings. The molecule has 5 nitrogen and oxygen atoms in total. The standard InChI is InChI=1S/C15H17BrN2O3/c16-13-3-1-2-12(10-13)4-5-14(19)18-8-6-17(7-9-18)11-15(20)21/h1-5,10H,6-9,11H2,(H,20,21)/b5-4+. The van der Waals surface area contributed by atoms with Crippen molar-refractivity contribution in [2.45, 2.75) is 0 Å². The molecule has 112 valence electrons. The highest BCUT2D eigenvalue weighted by atomic mass is 79.9. The van der Waals surface area contributed by atoms with Crippen LogP contribution in [0.2, 0.25) is 0 Å². The molecule has 0 unspecified atom stereocenters. The molecule has 0 atom stereocenters. The van der Waals surface area contributed by atoms with Crippen molar-refractivity contribution in [3.63, 3.8) is 0 Å². The molecule has 21 heavy (non-hydrogen) atoms. The van der Waals surface area contributed by atoms with Gasteiger partial charge >= 0.3 is 5.97 Å². The number of carbonyl (C=O) groups is 2. The summed E-state index contributed by atoms with van der Waals surface area (Å²) in [4.78, 5) is 26.3. The van der Waals surface area contributed by atoms with Gasteiger partial charge in [0.15, 0.2) is 0 Å². The molecule has 0 bridgehead atoms. The van der Waals surface area contributed by atoms with Crippen LogP contribution >= 0.6 is 15.9 Å². The lowest BCUT2D eigenvalue weighted by Crippen LogP contribution is -2.49. The largest absolute Gasteiger partial charge is 0.480 e. The first kappa shape index (κ1) is 15.7. The van der Waals surface area contributed by atoms with E-state index in [0.29, 0.717) is 26.2 Å². The number of hydrogen-bond donors (Lipinski definition) is 1. The maximum absolute atomic E-state index is 12.1. The predicted molar refractivity (Wildman–Crippen MR) is 83.8 cm³/mol. The zero-order valence-corrected chi connectivity index (χ0v) is 13.1. The first-order chi connectivity index (χ1) is 10.0. The van der Waals surface area contributed by atoms with Gasteiger partial charge in [-0.1, -0.05) is 28.1 Å². The third-order valence-corrected chi connectivity index (χ3v) is 3.80. The van der Waals surface area contributed by atoms with Gasteiger partial charge < -0.3 is 10.0 Å². The quantitative estimate of drug-likeness (QED) is 0.837. The first-order valence-electron chi connectivity index (χ1n) is 6.71. The van der Waals surface area contributed by atoms with Gasteiger partial charge in [-0.2, -0.15) is 0 Å². The number of benzene rings is 1. The highest BCUT2D eigenvalue weighted by molar-refractivity contribution is 9.10. The zero-order valence-electron chi connectivity index (χ0n) is 11.5. The van der Waals surface area contributed by atoms with Gasteiger partial charge in [-0.05, 0) is 23.8 Å². The van der Waals surface area contributed by atoms with E-state index in [1.54, 1.807) is 17.1 Å². The van der Waals surface area contributed by atoms with E-state index in [0.717, 1.165) is 10.0 Å². The third kappa shape index (κ3) is 4.99. The normalized spacial score (nSPS) is 16.3. The molecule has 1 heterocycles.